The highest BCUT2D eigenvalue weighted by molar-refractivity contribution is 7.99. The van der Waals surface area contributed by atoms with Crippen LogP contribution in [-0.4, -0.2) is 29.4 Å². The molecule has 0 saturated carbocycles. The van der Waals surface area contributed by atoms with Crippen molar-refractivity contribution in [3.63, 3.8) is 0 Å². The number of methoxy groups -OCH3 is 1. The van der Waals surface area contributed by atoms with Crippen LogP contribution in [0, 0.1) is 0 Å². The molecule has 0 fully saturated rings. The molecule has 1 N–H and O–H groups in total. The Hall–Kier alpha value is -1.59. The van der Waals surface area contributed by atoms with Crippen molar-refractivity contribution in [2.75, 3.05) is 19.4 Å². The van der Waals surface area contributed by atoms with E-state index < -0.39 is 0 Å². The molecule has 0 radical (unpaired) electrons. The van der Waals surface area contributed by atoms with E-state index in [4.69, 9.17) is 4.74 Å². The van der Waals surface area contributed by atoms with Crippen LogP contribution in [0.1, 0.15) is 18.5 Å². The second kappa shape index (κ2) is 7.87. The van der Waals surface area contributed by atoms with Gasteiger partial charge in [0.1, 0.15) is 12.1 Å². The minimum atomic E-state index is 0.297. The second-order valence-electron chi connectivity index (χ2n) is 4.24. The first-order valence-electron chi connectivity index (χ1n) is 6.59. The lowest BCUT2D eigenvalue weighted by Gasteiger charge is -2.18. The van der Waals surface area contributed by atoms with Gasteiger partial charge in [0, 0.05) is 18.0 Å². The Labute approximate surface area is 124 Å². The van der Waals surface area contributed by atoms with Gasteiger partial charge in [0.2, 0.25) is 0 Å². The maximum absolute atomic E-state index is 5.20. The zero-order valence-electron chi connectivity index (χ0n) is 11.7. The van der Waals surface area contributed by atoms with E-state index in [0.717, 1.165) is 23.1 Å². The van der Waals surface area contributed by atoms with Crippen molar-refractivity contribution in [2.24, 2.45) is 0 Å². The first-order valence-corrected chi connectivity index (χ1v) is 7.58. The van der Waals surface area contributed by atoms with Crippen molar-refractivity contribution < 1.29 is 4.74 Å². The van der Waals surface area contributed by atoms with Gasteiger partial charge in [0.05, 0.1) is 12.1 Å². The molecule has 0 aliphatic rings. The van der Waals surface area contributed by atoms with Gasteiger partial charge in [-0.1, -0.05) is 19.1 Å². The summed E-state index contributed by atoms with van der Waals surface area (Å²) in [5, 5.41) is 4.50. The third-order valence-electron chi connectivity index (χ3n) is 2.92. The standard InChI is InChI=1S/C15H19N3OS/c1-3-17-14(10-20-15-8-9-16-11-18-15)12-4-6-13(19-2)7-5-12/h4-9,11,14,17H,3,10H2,1-2H3. The van der Waals surface area contributed by atoms with Crippen molar-refractivity contribution in [3.8, 4) is 5.75 Å². The number of aromatic nitrogens is 2. The van der Waals surface area contributed by atoms with Gasteiger partial charge in [-0.15, -0.1) is 11.8 Å². The predicted molar refractivity (Wildman–Crippen MR) is 82.2 cm³/mol. The van der Waals surface area contributed by atoms with Gasteiger partial charge in [-0.05, 0) is 30.3 Å². The number of rotatable bonds is 7. The topological polar surface area (TPSA) is 47.0 Å². The lowest BCUT2D eigenvalue weighted by Crippen LogP contribution is -2.22. The van der Waals surface area contributed by atoms with Crippen molar-refractivity contribution in [2.45, 2.75) is 18.0 Å². The second-order valence-corrected chi connectivity index (χ2v) is 5.28. The molecule has 106 valence electrons. The fourth-order valence-corrected chi connectivity index (χ4v) is 2.81. The molecule has 2 aromatic rings. The van der Waals surface area contributed by atoms with E-state index in [2.05, 4.69) is 34.3 Å². The summed E-state index contributed by atoms with van der Waals surface area (Å²) in [6.45, 7) is 3.05. The molecule has 1 aromatic carbocycles. The zero-order chi connectivity index (χ0) is 14.2. The van der Waals surface area contributed by atoms with E-state index in [-0.39, 0.29) is 0 Å². The van der Waals surface area contributed by atoms with Crippen molar-refractivity contribution in [3.05, 3.63) is 48.4 Å². The number of benzene rings is 1. The Morgan fingerprint density at radius 2 is 2.05 bits per heavy atom. The summed E-state index contributed by atoms with van der Waals surface area (Å²) in [5.41, 5.74) is 1.26. The third kappa shape index (κ3) is 4.21. The molecular formula is C15H19N3OS. The van der Waals surface area contributed by atoms with Crippen LogP contribution in [-0.2, 0) is 0 Å². The maximum Gasteiger partial charge on any atom is 0.118 e. The van der Waals surface area contributed by atoms with Crippen LogP contribution in [0.25, 0.3) is 0 Å². The van der Waals surface area contributed by atoms with E-state index in [1.807, 2.05) is 18.2 Å². The van der Waals surface area contributed by atoms with Gasteiger partial charge in [-0.25, -0.2) is 9.97 Å². The highest BCUT2D eigenvalue weighted by Crippen LogP contribution is 2.24. The van der Waals surface area contributed by atoms with Crippen LogP contribution < -0.4 is 10.1 Å². The Morgan fingerprint density at radius 1 is 1.25 bits per heavy atom. The van der Waals surface area contributed by atoms with Gasteiger partial charge in [-0.3, -0.25) is 0 Å². The third-order valence-corrected chi connectivity index (χ3v) is 3.96. The first kappa shape index (κ1) is 14.8. The smallest absolute Gasteiger partial charge is 0.118 e. The maximum atomic E-state index is 5.20. The average molecular weight is 289 g/mol. The number of ether oxygens (including phenoxy) is 1. The molecule has 0 amide bonds. The summed E-state index contributed by atoms with van der Waals surface area (Å²) in [6, 6.07) is 10.4. The highest BCUT2D eigenvalue weighted by Gasteiger charge is 2.11. The number of nitrogens with zero attached hydrogens (tertiary/aromatic N) is 2. The van der Waals surface area contributed by atoms with Crippen LogP contribution in [0.2, 0.25) is 0 Å². The van der Waals surface area contributed by atoms with Crippen molar-refractivity contribution in [1.29, 1.82) is 0 Å². The van der Waals surface area contributed by atoms with Crippen molar-refractivity contribution >= 4 is 11.8 Å². The van der Waals surface area contributed by atoms with Gasteiger partial charge < -0.3 is 10.1 Å². The Bertz CT molecular complexity index is 504. The van der Waals surface area contributed by atoms with E-state index in [1.54, 1.807) is 31.4 Å². The highest BCUT2D eigenvalue weighted by atomic mass is 32.2. The molecular weight excluding hydrogens is 270 g/mol. The summed E-state index contributed by atoms with van der Waals surface area (Å²) in [6.07, 6.45) is 3.35. The average Bonchev–Trinajstić information content (AvgIpc) is 2.52. The molecule has 0 saturated heterocycles. The van der Waals surface area contributed by atoms with Crippen molar-refractivity contribution in [1.82, 2.24) is 15.3 Å². The molecule has 1 atom stereocenters. The monoisotopic (exact) mass is 289 g/mol. The van der Waals surface area contributed by atoms with Crippen LogP contribution in [0.3, 0.4) is 0 Å². The summed E-state index contributed by atoms with van der Waals surface area (Å²) in [5.74, 6) is 1.81. The zero-order valence-corrected chi connectivity index (χ0v) is 12.6. The molecule has 1 unspecified atom stereocenters. The molecule has 2 rings (SSSR count). The van der Waals surface area contributed by atoms with E-state index >= 15 is 0 Å². The predicted octanol–water partition coefficient (Wildman–Crippen LogP) is 2.93. The van der Waals surface area contributed by atoms with Gasteiger partial charge in [-0.2, -0.15) is 0 Å². The van der Waals surface area contributed by atoms with Crippen LogP contribution in [0.5, 0.6) is 5.75 Å². The Balaban J connectivity index is 2.02. The number of thioether (sulfide) groups is 1. The fourth-order valence-electron chi connectivity index (χ4n) is 1.89. The number of nitrogens with one attached hydrogen (secondary N) is 1. The molecule has 20 heavy (non-hydrogen) atoms. The summed E-state index contributed by atoms with van der Waals surface area (Å²) in [7, 11) is 1.68. The summed E-state index contributed by atoms with van der Waals surface area (Å²) < 4.78 is 5.20. The fraction of sp³-hybridized carbons (Fsp3) is 0.333. The van der Waals surface area contributed by atoms with Crippen LogP contribution in [0.15, 0.2) is 47.9 Å². The molecule has 0 aliphatic carbocycles. The molecule has 0 spiro atoms. The normalized spacial score (nSPS) is 12.1. The SMILES string of the molecule is CCNC(CSc1ccncn1)c1ccc(OC)cc1. The minimum Gasteiger partial charge on any atom is -0.497 e. The van der Waals surface area contributed by atoms with E-state index in [9.17, 15) is 0 Å². The molecule has 1 heterocycles. The van der Waals surface area contributed by atoms with Gasteiger partial charge in [0.25, 0.3) is 0 Å². The Morgan fingerprint density at radius 3 is 2.65 bits per heavy atom. The first-order chi connectivity index (χ1) is 9.83. The lowest BCUT2D eigenvalue weighted by molar-refractivity contribution is 0.414. The number of hydrogen-bond donors (Lipinski definition) is 1. The van der Waals surface area contributed by atoms with Gasteiger partial charge in [0.15, 0.2) is 0 Å². The molecule has 4 nitrogen and oxygen atoms in total. The Kier molecular flexibility index (Phi) is 5.83. The molecule has 1 aromatic heterocycles. The van der Waals surface area contributed by atoms with E-state index in [0.29, 0.717) is 6.04 Å². The molecule has 0 aliphatic heterocycles. The summed E-state index contributed by atoms with van der Waals surface area (Å²) in [4.78, 5) is 8.17. The largest absolute Gasteiger partial charge is 0.497 e. The van der Waals surface area contributed by atoms with Gasteiger partial charge >= 0.3 is 0 Å². The minimum absolute atomic E-state index is 0.297. The van der Waals surface area contributed by atoms with Crippen LogP contribution >= 0.6 is 11.8 Å². The lowest BCUT2D eigenvalue weighted by atomic mass is 10.1. The quantitative estimate of drug-likeness (QED) is 0.627. The summed E-state index contributed by atoms with van der Waals surface area (Å²) >= 11 is 1.73. The van der Waals surface area contributed by atoms with E-state index in [1.165, 1.54) is 5.56 Å². The molecule has 5 heteroatoms. The number of hydrogen-bond acceptors (Lipinski definition) is 5. The van der Waals surface area contributed by atoms with Crippen LogP contribution in [0.4, 0.5) is 0 Å². The molecule has 0 bridgehead atoms.